The number of carbonyl (C=O) groups is 2. The van der Waals surface area contributed by atoms with Crippen molar-refractivity contribution in [3.05, 3.63) is 113 Å². The van der Waals surface area contributed by atoms with Gasteiger partial charge in [0.15, 0.2) is 0 Å². The van der Waals surface area contributed by atoms with Crippen LogP contribution in [0.25, 0.3) is 12.2 Å². The Bertz CT molecular complexity index is 1710. The molecule has 10 heteroatoms. The van der Waals surface area contributed by atoms with Crippen molar-refractivity contribution in [1.29, 1.82) is 0 Å². The van der Waals surface area contributed by atoms with Crippen LogP contribution in [0.1, 0.15) is 59.3 Å². The first kappa shape index (κ1) is 30.3. The molecule has 2 aromatic carbocycles. The van der Waals surface area contributed by atoms with Crippen LogP contribution in [0.5, 0.6) is 5.75 Å². The second-order valence-electron chi connectivity index (χ2n) is 9.59. The van der Waals surface area contributed by atoms with E-state index in [-0.39, 0.29) is 22.6 Å². The van der Waals surface area contributed by atoms with Crippen LogP contribution in [0, 0.1) is 0 Å². The van der Waals surface area contributed by atoms with Gasteiger partial charge in [-0.15, -0.1) is 11.3 Å². The number of amides is 1. The smallest absolute Gasteiger partial charge is 0.305 e. The quantitative estimate of drug-likeness (QED) is 0.161. The second-order valence-corrected chi connectivity index (χ2v) is 10.5. The monoisotopic (exact) mass is 587 g/mol. The summed E-state index contributed by atoms with van der Waals surface area (Å²) in [6, 6.07) is 17.8. The molecule has 0 unspecified atom stereocenters. The number of ether oxygens (including phenoxy) is 2. The van der Waals surface area contributed by atoms with Crippen molar-refractivity contribution < 1.29 is 19.1 Å². The zero-order valence-corrected chi connectivity index (χ0v) is 24.1. The molecule has 9 nitrogen and oxygen atoms in total. The summed E-state index contributed by atoms with van der Waals surface area (Å²) < 4.78 is 10.4. The zero-order valence-electron chi connectivity index (χ0n) is 23.3. The molecule has 0 atom stereocenters. The topological polar surface area (TPSA) is 130 Å². The number of anilines is 1. The van der Waals surface area contributed by atoms with Crippen LogP contribution in [0.4, 0.5) is 5.69 Å². The van der Waals surface area contributed by atoms with Crippen molar-refractivity contribution >= 4 is 41.1 Å². The first-order valence-electron chi connectivity index (χ1n) is 13.7. The van der Waals surface area contributed by atoms with E-state index in [0.717, 1.165) is 43.4 Å². The van der Waals surface area contributed by atoms with Crippen molar-refractivity contribution in [2.24, 2.45) is 0 Å². The molecule has 0 saturated heterocycles. The Balaban J connectivity index is 1.31. The highest BCUT2D eigenvalue weighted by Crippen LogP contribution is 2.15. The summed E-state index contributed by atoms with van der Waals surface area (Å²) in [5, 5.41) is 4.93. The van der Waals surface area contributed by atoms with Crippen LogP contribution in [0.2, 0.25) is 0 Å². The van der Waals surface area contributed by atoms with E-state index < -0.39 is 11.1 Å². The molecule has 0 fully saturated rings. The maximum atomic E-state index is 12.7. The number of H-pyrrole nitrogens is 2. The molecule has 0 spiro atoms. The van der Waals surface area contributed by atoms with E-state index in [1.165, 1.54) is 18.4 Å². The van der Waals surface area contributed by atoms with Crippen LogP contribution in [0.3, 0.4) is 0 Å². The van der Waals surface area contributed by atoms with Gasteiger partial charge in [0.05, 0.1) is 18.6 Å². The fourth-order valence-corrected chi connectivity index (χ4v) is 4.77. The summed E-state index contributed by atoms with van der Waals surface area (Å²) in [6.07, 6.45) is 8.46. The summed E-state index contributed by atoms with van der Waals surface area (Å²) in [6.45, 7) is 0.595. The lowest BCUT2D eigenvalue weighted by Gasteiger charge is -2.06. The Morgan fingerprint density at radius 3 is 2.00 bits per heavy atom. The van der Waals surface area contributed by atoms with Gasteiger partial charge in [0.1, 0.15) is 16.4 Å². The molecule has 4 aromatic rings. The molecule has 1 amide bonds. The van der Waals surface area contributed by atoms with Crippen molar-refractivity contribution in [2.45, 2.75) is 38.5 Å². The third-order valence-electron chi connectivity index (χ3n) is 6.42. The number of carbonyl (C=O) groups excluding carboxylic acids is 2. The van der Waals surface area contributed by atoms with Crippen LogP contribution in [0.15, 0.2) is 75.6 Å². The lowest BCUT2D eigenvalue weighted by atomic mass is 10.1. The van der Waals surface area contributed by atoms with E-state index >= 15 is 0 Å². The Hall–Kier alpha value is -4.70. The lowest BCUT2D eigenvalue weighted by Crippen LogP contribution is -2.46. The Morgan fingerprint density at radius 1 is 0.810 bits per heavy atom. The molecule has 42 heavy (non-hydrogen) atoms. The van der Waals surface area contributed by atoms with E-state index in [0.29, 0.717) is 29.2 Å². The van der Waals surface area contributed by atoms with Gasteiger partial charge >= 0.3 is 5.97 Å². The number of methoxy groups -OCH3 is 1. The maximum Gasteiger partial charge on any atom is 0.305 e. The molecule has 0 aliphatic rings. The highest BCUT2D eigenvalue weighted by Gasteiger charge is 2.06. The molecule has 0 saturated carbocycles. The van der Waals surface area contributed by atoms with Crippen LogP contribution in [-0.2, 0) is 9.53 Å². The number of hydrogen-bond donors (Lipinski definition) is 3. The molecule has 0 bridgehead atoms. The average Bonchev–Trinajstić information content (AvgIpc) is 3.54. The highest BCUT2D eigenvalue weighted by molar-refractivity contribution is 7.12. The molecule has 218 valence electrons. The number of hydrogen-bond acceptors (Lipinski definition) is 7. The van der Waals surface area contributed by atoms with Gasteiger partial charge in [-0.1, -0.05) is 49.6 Å². The lowest BCUT2D eigenvalue weighted by molar-refractivity contribution is -0.140. The van der Waals surface area contributed by atoms with Crippen molar-refractivity contribution in [3.63, 3.8) is 0 Å². The predicted molar refractivity (Wildman–Crippen MR) is 164 cm³/mol. The van der Waals surface area contributed by atoms with Gasteiger partial charge in [-0.2, -0.15) is 0 Å². The highest BCUT2D eigenvalue weighted by atomic mass is 32.1. The minimum atomic E-state index is -0.429. The minimum absolute atomic E-state index is 0.125. The van der Waals surface area contributed by atoms with Gasteiger partial charge in [0.25, 0.3) is 17.0 Å². The van der Waals surface area contributed by atoms with E-state index in [2.05, 4.69) is 20.0 Å². The molecule has 4 rings (SSSR count). The van der Waals surface area contributed by atoms with Gasteiger partial charge in [0.2, 0.25) is 0 Å². The normalized spacial score (nSPS) is 11.8. The second kappa shape index (κ2) is 15.3. The standard InChI is InChI=1S/C32H33N3O6S/c1-40-29(36)9-5-3-2-4-6-18-41-25-16-12-23(13-17-25)21-27-31(38)34-26(30(37)35-27)20-22-10-14-24(15-11-22)33-32(39)28-8-7-19-42-28/h7-8,10-17,19-21H,2-6,9,18H2,1H3,(H,33,39)(H,34,38)(H,35,37)/b26-20-,27-21-. The third kappa shape index (κ3) is 9.17. The summed E-state index contributed by atoms with van der Waals surface area (Å²) >= 11 is 1.36. The van der Waals surface area contributed by atoms with E-state index in [9.17, 15) is 19.2 Å². The molecule has 2 aromatic heterocycles. The number of unbranched alkanes of at least 4 members (excludes halogenated alkanes) is 4. The Morgan fingerprint density at radius 2 is 1.40 bits per heavy atom. The number of esters is 1. The molecule has 2 heterocycles. The zero-order chi connectivity index (χ0) is 29.7. The number of aromatic nitrogens is 2. The minimum Gasteiger partial charge on any atom is -0.494 e. The first-order valence-corrected chi connectivity index (χ1v) is 14.6. The maximum absolute atomic E-state index is 12.7. The van der Waals surface area contributed by atoms with E-state index in [4.69, 9.17) is 4.74 Å². The number of aromatic amines is 2. The summed E-state index contributed by atoms with van der Waals surface area (Å²) in [5.41, 5.74) is 1.20. The number of nitrogens with one attached hydrogen (secondary N) is 3. The Kier molecular flexibility index (Phi) is 11.1. The van der Waals surface area contributed by atoms with Crippen LogP contribution in [-0.4, -0.2) is 35.6 Å². The number of rotatable bonds is 13. The molecular weight excluding hydrogens is 554 g/mol. The van der Waals surface area contributed by atoms with Crippen molar-refractivity contribution in [3.8, 4) is 5.75 Å². The fourth-order valence-electron chi connectivity index (χ4n) is 4.15. The van der Waals surface area contributed by atoms with Gasteiger partial charge in [0, 0.05) is 12.1 Å². The van der Waals surface area contributed by atoms with Crippen LogP contribution >= 0.6 is 11.3 Å². The molecule has 3 N–H and O–H groups in total. The summed E-state index contributed by atoms with van der Waals surface area (Å²) in [5.74, 6) is 0.373. The molecular formula is C32H33N3O6S. The van der Waals surface area contributed by atoms with Gasteiger partial charge < -0.3 is 24.8 Å². The molecule has 0 aliphatic carbocycles. The molecule has 0 aliphatic heterocycles. The molecule has 0 radical (unpaired) electrons. The first-order chi connectivity index (χ1) is 20.4. The SMILES string of the molecule is COC(=O)CCCCCCCOc1ccc(/C=c2\[nH]c(=O)/c(=C/c3ccc(NC(=O)c4cccs4)cc3)[nH]c2=O)cc1. The van der Waals surface area contributed by atoms with Gasteiger partial charge in [-0.25, -0.2) is 0 Å². The van der Waals surface area contributed by atoms with Crippen molar-refractivity contribution in [2.75, 3.05) is 19.0 Å². The number of thiophene rings is 1. The van der Waals surface area contributed by atoms with Crippen LogP contribution < -0.4 is 31.9 Å². The summed E-state index contributed by atoms with van der Waals surface area (Å²) in [7, 11) is 1.41. The largest absolute Gasteiger partial charge is 0.494 e. The van der Waals surface area contributed by atoms with Gasteiger partial charge in [-0.3, -0.25) is 19.2 Å². The average molecular weight is 588 g/mol. The summed E-state index contributed by atoms with van der Waals surface area (Å²) in [4.78, 5) is 54.6. The Labute approximate surface area is 246 Å². The predicted octanol–water partition coefficient (Wildman–Crippen LogP) is 3.93. The number of benzene rings is 2. The van der Waals surface area contributed by atoms with E-state index in [1.807, 2.05) is 35.7 Å². The fraction of sp³-hybridized carbons (Fsp3) is 0.250. The van der Waals surface area contributed by atoms with Gasteiger partial charge in [-0.05, 0) is 71.8 Å². The van der Waals surface area contributed by atoms with E-state index in [1.54, 1.807) is 42.5 Å². The third-order valence-corrected chi connectivity index (χ3v) is 7.29. The van der Waals surface area contributed by atoms with Crippen molar-refractivity contribution in [1.82, 2.24) is 9.97 Å².